The fourth-order valence-electron chi connectivity index (χ4n) is 2.49. The number of rotatable bonds is 5. The molecule has 0 amide bonds. The first-order chi connectivity index (χ1) is 12.0. The first-order valence-corrected chi connectivity index (χ1v) is 8.65. The Morgan fingerprint density at radius 1 is 1.16 bits per heavy atom. The number of aryl methyl sites for hydroxylation is 1. The van der Waals surface area contributed by atoms with Crippen molar-refractivity contribution < 1.29 is 4.74 Å². The Hall–Kier alpha value is -2.23. The molecule has 0 fully saturated rings. The smallest absolute Gasteiger partial charge is 0.146 e. The van der Waals surface area contributed by atoms with Crippen molar-refractivity contribution in [3.8, 4) is 11.5 Å². The molecule has 1 aromatic heterocycles. The third kappa shape index (κ3) is 4.65. The second-order valence-corrected chi connectivity index (χ2v) is 6.68. The van der Waals surface area contributed by atoms with Gasteiger partial charge < -0.3 is 9.30 Å². The lowest BCUT2D eigenvalue weighted by atomic mass is 10.1. The summed E-state index contributed by atoms with van der Waals surface area (Å²) in [6, 6.07) is 13.1. The maximum atomic E-state index is 6.13. The molecule has 25 heavy (non-hydrogen) atoms. The summed E-state index contributed by atoms with van der Waals surface area (Å²) in [4.78, 5) is 4.24. The molecule has 2 aromatic carbocycles. The molecule has 0 radical (unpaired) electrons. The van der Waals surface area contributed by atoms with Gasteiger partial charge in [-0.2, -0.15) is 0 Å². The Bertz CT molecular complexity index is 898. The predicted octanol–water partition coefficient (Wildman–Crippen LogP) is 6.39. The number of ether oxygens (including phenoxy) is 1. The maximum absolute atomic E-state index is 6.13. The van der Waals surface area contributed by atoms with Gasteiger partial charge in [0.2, 0.25) is 0 Å². The molecule has 0 unspecified atom stereocenters. The molecule has 0 aliphatic heterocycles. The number of aromatic nitrogens is 2. The first-order valence-electron chi connectivity index (χ1n) is 7.89. The van der Waals surface area contributed by atoms with Gasteiger partial charge in [0.05, 0.1) is 5.02 Å². The highest BCUT2D eigenvalue weighted by atomic mass is 35.5. The van der Waals surface area contributed by atoms with E-state index in [1.807, 2.05) is 43.6 Å². The quantitative estimate of drug-likeness (QED) is 0.518. The fraction of sp³-hybridized carbons (Fsp3) is 0.150. The van der Waals surface area contributed by atoms with Gasteiger partial charge in [0.25, 0.3) is 0 Å². The topological polar surface area (TPSA) is 27.1 Å². The van der Waals surface area contributed by atoms with E-state index in [0.717, 1.165) is 23.7 Å². The van der Waals surface area contributed by atoms with Crippen molar-refractivity contribution >= 4 is 29.3 Å². The van der Waals surface area contributed by atoms with Crippen LogP contribution >= 0.6 is 23.2 Å². The molecule has 0 N–H and O–H groups in total. The average molecular weight is 373 g/mol. The van der Waals surface area contributed by atoms with Gasteiger partial charge >= 0.3 is 0 Å². The summed E-state index contributed by atoms with van der Waals surface area (Å²) in [5, 5.41) is 1.07. The van der Waals surface area contributed by atoms with Crippen LogP contribution < -0.4 is 4.74 Å². The van der Waals surface area contributed by atoms with Gasteiger partial charge in [0, 0.05) is 24.0 Å². The van der Waals surface area contributed by atoms with Crippen LogP contribution in [0.2, 0.25) is 10.0 Å². The van der Waals surface area contributed by atoms with E-state index < -0.39 is 0 Å². The Kier molecular flexibility index (Phi) is 5.47. The molecular weight excluding hydrogens is 355 g/mol. The lowest BCUT2D eigenvalue weighted by Gasteiger charge is -2.09. The summed E-state index contributed by atoms with van der Waals surface area (Å²) in [5.74, 6) is 2.32. The van der Waals surface area contributed by atoms with E-state index in [2.05, 4.69) is 22.6 Å². The maximum Gasteiger partial charge on any atom is 0.146 e. The van der Waals surface area contributed by atoms with Gasteiger partial charge in [-0.25, -0.2) is 4.98 Å². The minimum Gasteiger partial charge on any atom is -0.456 e. The summed E-state index contributed by atoms with van der Waals surface area (Å²) in [5.41, 5.74) is 2.36. The molecule has 3 nitrogen and oxygen atoms in total. The lowest BCUT2D eigenvalue weighted by molar-refractivity contribution is 0.483. The Labute approximate surface area is 157 Å². The van der Waals surface area contributed by atoms with Crippen LogP contribution in [0.25, 0.3) is 6.08 Å². The molecular formula is C20H18Cl2N2O. The summed E-state index contributed by atoms with van der Waals surface area (Å²) < 4.78 is 7.92. The number of halogens is 2. The monoisotopic (exact) mass is 372 g/mol. The van der Waals surface area contributed by atoms with E-state index in [9.17, 15) is 0 Å². The number of allylic oxidation sites excluding steroid dienone is 1. The van der Waals surface area contributed by atoms with Crippen LogP contribution in [-0.2, 0) is 6.54 Å². The number of hydrogen-bond acceptors (Lipinski definition) is 2. The zero-order valence-corrected chi connectivity index (χ0v) is 15.6. The molecule has 0 bridgehead atoms. The molecule has 3 aromatic rings. The SMILES string of the molecule is C/C(=C/c1ccc(Oc2ccc(Cl)cc2Cl)cc1)Cn1ccnc1C. The standard InChI is InChI=1S/C20H18Cl2N2O/c1-14(13-24-10-9-23-15(24)2)11-16-3-6-18(7-4-16)25-20-8-5-17(21)12-19(20)22/h3-12H,13H2,1-2H3/b14-11-. The normalized spacial score (nSPS) is 11.6. The minimum absolute atomic E-state index is 0.489. The second-order valence-electron chi connectivity index (χ2n) is 5.84. The van der Waals surface area contributed by atoms with E-state index >= 15 is 0 Å². The van der Waals surface area contributed by atoms with Crippen LogP contribution in [0.15, 0.2) is 60.4 Å². The van der Waals surface area contributed by atoms with Crippen molar-refractivity contribution in [2.75, 3.05) is 0 Å². The Morgan fingerprint density at radius 3 is 2.56 bits per heavy atom. The minimum atomic E-state index is 0.489. The van der Waals surface area contributed by atoms with Gasteiger partial charge in [0.15, 0.2) is 0 Å². The van der Waals surface area contributed by atoms with Crippen LogP contribution in [-0.4, -0.2) is 9.55 Å². The van der Waals surface area contributed by atoms with Crippen LogP contribution in [0.4, 0.5) is 0 Å². The lowest BCUT2D eigenvalue weighted by Crippen LogP contribution is -2.00. The van der Waals surface area contributed by atoms with Gasteiger partial charge in [0.1, 0.15) is 17.3 Å². The molecule has 1 heterocycles. The summed E-state index contributed by atoms with van der Waals surface area (Å²) in [7, 11) is 0. The summed E-state index contributed by atoms with van der Waals surface area (Å²) in [6.45, 7) is 4.93. The van der Waals surface area contributed by atoms with Crippen LogP contribution in [0.3, 0.4) is 0 Å². The average Bonchev–Trinajstić information content (AvgIpc) is 2.97. The molecule has 0 aliphatic rings. The van der Waals surface area contributed by atoms with Crippen molar-refractivity contribution in [1.29, 1.82) is 0 Å². The molecule has 0 saturated heterocycles. The largest absolute Gasteiger partial charge is 0.456 e. The molecule has 5 heteroatoms. The number of benzene rings is 2. The molecule has 128 valence electrons. The van der Waals surface area contributed by atoms with Crippen molar-refractivity contribution in [2.45, 2.75) is 20.4 Å². The Balaban J connectivity index is 1.69. The molecule has 0 aliphatic carbocycles. The molecule has 3 rings (SSSR count). The Morgan fingerprint density at radius 2 is 1.92 bits per heavy atom. The van der Waals surface area contributed by atoms with Gasteiger partial charge in [-0.15, -0.1) is 0 Å². The predicted molar refractivity (Wildman–Crippen MR) is 104 cm³/mol. The first kappa shape index (κ1) is 17.6. The van der Waals surface area contributed by atoms with Crippen molar-refractivity contribution in [3.05, 3.63) is 81.9 Å². The van der Waals surface area contributed by atoms with Crippen molar-refractivity contribution in [2.24, 2.45) is 0 Å². The molecule has 0 atom stereocenters. The van der Waals surface area contributed by atoms with Gasteiger partial charge in [-0.05, 0) is 49.7 Å². The number of imidazole rings is 1. The van der Waals surface area contributed by atoms with Crippen LogP contribution in [0.5, 0.6) is 11.5 Å². The third-order valence-corrected chi connectivity index (χ3v) is 4.29. The van der Waals surface area contributed by atoms with Gasteiger partial charge in [-0.1, -0.05) is 47.0 Å². The number of nitrogens with zero attached hydrogens (tertiary/aromatic N) is 2. The highest BCUT2D eigenvalue weighted by molar-refractivity contribution is 6.35. The van der Waals surface area contributed by atoms with Crippen molar-refractivity contribution in [1.82, 2.24) is 9.55 Å². The van der Waals surface area contributed by atoms with E-state index in [-0.39, 0.29) is 0 Å². The zero-order valence-electron chi connectivity index (χ0n) is 14.0. The van der Waals surface area contributed by atoms with E-state index in [1.165, 1.54) is 5.57 Å². The fourth-order valence-corrected chi connectivity index (χ4v) is 2.93. The summed E-state index contributed by atoms with van der Waals surface area (Å²) in [6.07, 6.45) is 5.95. The van der Waals surface area contributed by atoms with E-state index in [0.29, 0.717) is 15.8 Å². The molecule has 0 spiro atoms. The second kappa shape index (κ2) is 7.77. The summed E-state index contributed by atoms with van der Waals surface area (Å²) >= 11 is 12.0. The highest BCUT2D eigenvalue weighted by Crippen LogP contribution is 2.31. The van der Waals surface area contributed by atoms with E-state index in [4.69, 9.17) is 27.9 Å². The highest BCUT2D eigenvalue weighted by Gasteiger charge is 2.04. The van der Waals surface area contributed by atoms with Crippen molar-refractivity contribution in [3.63, 3.8) is 0 Å². The van der Waals surface area contributed by atoms with Crippen LogP contribution in [0.1, 0.15) is 18.3 Å². The number of hydrogen-bond donors (Lipinski definition) is 0. The van der Waals surface area contributed by atoms with Gasteiger partial charge in [-0.3, -0.25) is 0 Å². The van der Waals surface area contributed by atoms with E-state index in [1.54, 1.807) is 18.2 Å². The molecule has 0 saturated carbocycles. The zero-order chi connectivity index (χ0) is 17.8. The van der Waals surface area contributed by atoms with Crippen LogP contribution in [0, 0.1) is 6.92 Å². The third-order valence-electron chi connectivity index (χ3n) is 3.76.